The molecule has 0 fully saturated rings. The summed E-state index contributed by atoms with van der Waals surface area (Å²) >= 11 is 1.40. The average Bonchev–Trinajstić information content (AvgIpc) is 2.75. The fourth-order valence-electron chi connectivity index (χ4n) is 3.16. The van der Waals surface area contributed by atoms with Crippen molar-refractivity contribution in [2.45, 2.75) is 12.8 Å². The number of esters is 1. The van der Waals surface area contributed by atoms with Crippen LogP contribution >= 0.6 is 11.8 Å². The van der Waals surface area contributed by atoms with Gasteiger partial charge in [-0.2, -0.15) is 5.26 Å². The molecule has 154 valence electrons. The number of hydrogen-bond donors (Lipinski definition) is 1. The van der Waals surface area contributed by atoms with Gasteiger partial charge < -0.3 is 24.3 Å². The van der Waals surface area contributed by atoms with Crippen molar-refractivity contribution in [3.63, 3.8) is 0 Å². The zero-order chi connectivity index (χ0) is 21.6. The molecule has 0 aromatic heterocycles. The Bertz CT molecular complexity index is 889. The van der Waals surface area contributed by atoms with E-state index in [0.717, 1.165) is 0 Å². The molecular weight excluding hydrogens is 392 g/mol. The van der Waals surface area contributed by atoms with Crippen LogP contribution in [0.3, 0.4) is 0 Å². The molecule has 0 saturated heterocycles. The normalized spacial score (nSPS) is 15.9. The first-order valence-corrected chi connectivity index (χ1v) is 9.93. The third-order valence-electron chi connectivity index (χ3n) is 4.42. The van der Waals surface area contributed by atoms with E-state index in [9.17, 15) is 10.1 Å². The molecule has 8 heteroatoms. The fraction of sp³-hybridized carbons (Fsp3) is 0.333. The summed E-state index contributed by atoms with van der Waals surface area (Å²) in [6.07, 6.45) is 3.35. The SMILES string of the molecule is C=CCOC(=O)C1=C(C)NC(SC)=C(C#N)C1c1cc(OC)c(OC)c(OC)c1. The van der Waals surface area contributed by atoms with Crippen molar-refractivity contribution < 1.29 is 23.7 Å². The van der Waals surface area contributed by atoms with Crippen molar-refractivity contribution >= 4 is 17.7 Å². The summed E-state index contributed by atoms with van der Waals surface area (Å²) in [5.74, 6) is 0.104. The molecule has 0 bridgehead atoms. The van der Waals surface area contributed by atoms with E-state index in [1.807, 2.05) is 6.26 Å². The number of benzene rings is 1. The molecule has 1 aromatic rings. The van der Waals surface area contributed by atoms with Gasteiger partial charge in [0.05, 0.1) is 49.5 Å². The van der Waals surface area contributed by atoms with Gasteiger partial charge in [0.1, 0.15) is 6.61 Å². The van der Waals surface area contributed by atoms with Crippen LogP contribution < -0.4 is 19.5 Å². The lowest BCUT2D eigenvalue weighted by molar-refractivity contribution is -0.138. The predicted octanol–water partition coefficient (Wildman–Crippen LogP) is 3.50. The third-order valence-corrected chi connectivity index (χ3v) is 5.15. The highest BCUT2D eigenvalue weighted by Crippen LogP contribution is 2.46. The van der Waals surface area contributed by atoms with Gasteiger partial charge >= 0.3 is 5.97 Å². The van der Waals surface area contributed by atoms with Crippen LogP contribution in [-0.2, 0) is 9.53 Å². The van der Waals surface area contributed by atoms with E-state index in [1.165, 1.54) is 39.2 Å². The number of nitriles is 1. The maximum absolute atomic E-state index is 12.8. The molecule has 0 spiro atoms. The zero-order valence-corrected chi connectivity index (χ0v) is 17.9. The zero-order valence-electron chi connectivity index (χ0n) is 17.1. The number of nitrogens with one attached hydrogen (secondary N) is 1. The number of carbonyl (C=O) groups is 1. The van der Waals surface area contributed by atoms with Crippen molar-refractivity contribution in [2.75, 3.05) is 34.2 Å². The molecule has 1 aliphatic rings. The second kappa shape index (κ2) is 9.94. The molecule has 1 unspecified atom stereocenters. The molecule has 1 aliphatic heterocycles. The van der Waals surface area contributed by atoms with Crippen LogP contribution in [0.1, 0.15) is 18.4 Å². The number of carbonyl (C=O) groups excluding carboxylic acids is 1. The first kappa shape index (κ1) is 22.2. The number of rotatable bonds is 8. The Balaban J connectivity index is 2.75. The molecule has 0 aliphatic carbocycles. The molecule has 0 saturated carbocycles. The smallest absolute Gasteiger partial charge is 0.337 e. The minimum Gasteiger partial charge on any atom is -0.493 e. The lowest BCUT2D eigenvalue weighted by Crippen LogP contribution is -2.28. The van der Waals surface area contributed by atoms with Gasteiger partial charge in [0.15, 0.2) is 11.5 Å². The summed E-state index contributed by atoms with van der Waals surface area (Å²) in [6.45, 7) is 5.42. The Hall–Kier alpha value is -3.05. The molecule has 0 radical (unpaired) electrons. The van der Waals surface area contributed by atoms with Crippen molar-refractivity contribution in [1.29, 1.82) is 5.26 Å². The first-order chi connectivity index (χ1) is 14.0. The van der Waals surface area contributed by atoms with Crippen LogP contribution in [-0.4, -0.2) is 40.2 Å². The van der Waals surface area contributed by atoms with Gasteiger partial charge in [0.25, 0.3) is 0 Å². The van der Waals surface area contributed by atoms with Crippen LogP contribution in [0.4, 0.5) is 0 Å². The van der Waals surface area contributed by atoms with Gasteiger partial charge in [-0.3, -0.25) is 0 Å². The number of methoxy groups -OCH3 is 3. The monoisotopic (exact) mass is 416 g/mol. The summed E-state index contributed by atoms with van der Waals surface area (Å²) in [7, 11) is 4.54. The van der Waals surface area contributed by atoms with E-state index < -0.39 is 11.9 Å². The molecule has 1 heterocycles. The highest BCUT2D eigenvalue weighted by Gasteiger charge is 2.36. The molecular formula is C21H24N2O5S. The summed E-state index contributed by atoms with van der Waals surface area (Å²) in [4.78, 5) is 12.8. The highest BCUT2D eigenvalue weighted by molar-refractivity contribution is 8.02. The van der Waals surface area contributed by atoms with Gasteiger partial charge in [0, 0.05) is 5.70 Å². The van der Waals surface area contributed by atoms with Gasteiger partial charge in [-0.1, -0.05) is 12.7 Å². The Labute approximate surface area is 175 Å². The van der Waals surface area contributed by atoms with Crippen molar-refractivity contribution in [1.82, 2.24) is 5.32 Å². The molecule has 7 nitrogen and oxygen atoms in total. The van der Waals surface area contributed by atoms with E-state index >= 15 is 0 Å². The van der Waals surface area contributed by atoms with Crippen molar-refractivity contribution in [3.8, 4) is 23.3 Å². The highest BCUT2D eigenvalue weighted by atomic mass is 32.2. The van der Waals surface area contributed by atoms with Crippen LogP contribution in [0, 0.1) is 11.3 Å². The standard InChI is InChI=1S/C21H24N2O5S/c1-7-8-28-21(24)17-12(2)23-20(29-6)14(11-22)18(17)13-9-15(25-3)19(27-5)16(10-13)26-4/h7,9-10,18,23H,1,8H2,2-6H3. The number of thioether (sulfide) groups is 1. The number of hydrogen-bond acceptors (Lipinski definition) is 8. The van der Waals surface area contributed by atoms with Crippen LogP contribution in [0.15, 0.2) is 46.7 Å². The lowest BCUT2D eigenvalue weighted by atomic mass is 9.82. The van der Waals surface area contributed by atoms with E-state index in [2.05, 4.69) is 18.0 Å². The van der Waals surface area contributed by atoms with E-state index in [0.29, 0.717) is 44.7 Å². The van der Waals surface area contributed by atoms with Crippen LogP contribution in [0.25, 0.3) is 0 Å². The van der Waals surface area contributed by atoms with E-state index in [-0.39, 0.29) is 6.61 Å². The summed E-state index contributed by atoms with van der Waals surface area (Å²) < 4.78 is 21.6. The second-order valence-electron chi connectivity index (χ2n) is 6.00. The van der Waals surface area contributed by atoms with Gasteiger partial charge in [-0.15, -0.1) is 11.8 Å². The second-order valence-corrected chi connectivity index (χ2v) is 6.82. The number of dihydropyridines is 1. The number of allylic oxidation sites excluding steroid dienone is 2. The number of ether oxygens (including phenoxy) is 4. The summed E-state index contributed by atoms with van der Waals surface area (Å²) in [6, 6.07) is 5.71. The van der Waals surface area contributed by atoms with Crippen LogP contribution in [0.2, 0.25) is 0 Å². The Morgan fingerprint density at radius 3 is 2.34 bits per heavy atom. The molecule has 0 amide bonds. The first-order valence-electron chi connectivity index (χ1n) is 8.71. The average molecular weight is 416 g/mol. The Kier molecular flexibility index (Phi) is 7.62. The maximum atomic E-state index is 12.8. The van der Waals surface area contributed by atoms with Crippen molar-refractivity contribution in [3.05, 3.63) is 52.2 Å². The van der Waals surface area contributed by atoms with Gasteiger partial charge in [-0.05, 0) is 30.9 Å². The van der Waals surface area contributed by atoms with Gasteiger partial charge in [0.2, 0.25) is 5.75 Å². The largest absolute Gasteiger partial charge is 0.493 e. The number of nitrogens with zero attached hydrogens (tertiary/aromatic N) is 1. The quantitative estimate of drug-likeness (QED) is 0.509. The maximum Gasteiger partial charge on any atom is 0.337 e. The van der Waals surface area contributed by atoms with Crippen molar-refractivity contribution in [2.24, 2.45) is 0 Å². The van der Waals surface area contributed by atoms with Gasteiger partial charge in [-0.25, -0.2) is 4.79 Å². The molecule has 1 aromatic carbocycles. The Morgan fingerprint density at radius 2 is 1.90 bits per heavy atom. The third kappa shape index (κ3) is 4.35. The van der Waals surface area contributed by atoms with E-state index in [4.69, 9.17) is 18.9 Å². The lowest BCUT2D eigenvalue weighted by Gasteiger charge is -2.29. The topological polar surface area (TPSA) is 89.8 Å². The fourth-order valence-corrected chi connectivity index (χ4v) is 3.80. The van der Waals surface area contributed by atoms with E-state index in [1.54, 1.807) is 19.1 Å². The molecule has 1 N–H and O–H groups in total. The predicted molar refractivity (Wildman–Crippen MR) is 112 cm³/mol. The summed E-state index contributed by atoms with van der Waals surface area (Å²) in [5.41, 5.74) is 2.01. The minimum absolute atomic E-state index is 0.0680. The molecule has 1 atom stereocenters. The Morgan fingerprint density at radius 1 is 1.28 bits per heavy atom. The van der Waals surface area contributed by atoms with Crippen LogP contribution in [0.5, 0.6) is 17.2 Å². The summed E-state index contributed by atoms with van der Waals surface area (Å²) in [5, 5.41) is 13.7. The molecule has 2 rings (SSSR count). The minimum atomic E-state index is -0.658. The molecule has 29 heavy (non-hydrogen) atoms.